The molecule has 0 radical (unpaired) electrons. The fraction of sp³-hybridized carbons (Fsp3) is 0.500. The quantitative estimate of drug-likeness (QED) is 0.710. The highest BCUT2D eigenvalue weighted by atomic mass is 16.5. The molecule has 1 aliphatic carbocycles. The lowest BCUT2D eigenvalue weighted by atomic mass is 9.86. The van der Waals surface area contributed by atoms with Gasteiger partial charge in [0.2, 0.25) is 0 Å². The number of carbonyl (C=O) groups is 3. The zero-order valence-corrected chi connectivity index (χ0v) is 14.6. The molecule has 0 heterocycles. The molecule has 3 atom stereocenters. The van der Waals surface area contributed by atoms with Crippen molar-refractivity contribution in [3.63, 3.8) is 0 Å². The zero-order valence-electron chi connectivity index (χ0n) is 14.6. The number of hydrogen-bond donors (Lipinski definition) is 3. The maximum absolute atomic E-state index is 12.3. The molecule has 136 valence electrons. The number of primary amides is 1. The van der Waals surface area contributed by atoms with Crippen molar-refractivity contribution >= 4 is 23.6 Å². The lowest BCUT2D eigenvalue weighted by Crippen LogP contribution is -2.45. The number of rotatable bonds is 5. The number of nitrogens with two attached hydrogens (primary N) is 1. The van der Waals surface area contributed by atoms with Gasteiger partial charge in [0.05, 0.1) is 5.56 Å². The van der Waals surface area contributed by atoms with E-state index in [0.29, 0.717) is 11.6 Å². The fourth-order valence-corrected chi connectivity index (χ4v) is 2.98. The molecule has 1 fully saturated rings. The fourth-order valence-electron chi connectivity index (χ4n) is 2.98. The van der Waals surface area contributed by atoms with E-state index in [9.17, 15) is 14.4 Å². The Kier molecular flexibility index (Phi) is 6.38. The molecule has 2 rings (SSSR count). The Balaban J connectivity index is 1.92. The molecule has 4 N–H and O–H groups in total. The average Bonchev–Trinajstić information content (AvgIpc) is 2.56. The topological polar surface area (TPSA) is 111 Å². The van der Waals surface area contributed by atoms with Crippen LogP contribution in [0.5, 0.6) is 0 Å². The molecule has 25 heavy (non-hydrogen) atoms. The Morgan fingerprint density at radius 2 is 1.96 bits per heavy atom. The van der Waals surface area contributed by atoms with E-state index in [0.717, 1.165) is 19.3 Å². The number of amides is 3. The van der Waals surface area contributed by atoms with Crippen LogP contribution in [0.1, 0.15) is 49.9 Å². The molecular weight excluding hydrogens is 322 g/mol. The lowest BCUT2D eigenvalue weighted by Gasteiger charge is -2.30. The van der Waals surface area contributed by atoms with Crippen molar-refractivity contribution < 1.29 is 19.1 Å². The van der Waals surface area contributed by atoms with Gasteiger partial charge in [-0.15, -0.1) is 0 Å². The number of nitrogens with one attached hydrogen (secondary N) is 2. The number of urea groups is 1. The SMILES string of the molecule is C[C@@H]1CCCC[C@@H]1NC(=O)[C@@H](C)OC(=O)c1cccc(NC(N)=O)c1. The van der Waals surface area contributed by atoms with Crippen LogP contribution < -0.4 is 16.4 Å². The molecule has 1 aromatic carbocycles. The van der Waals surface area contributed by atoms with Crippen LogP contribution in [0, 0.1) is 5.92 Å². The molecule has 3 amide bonds. The smallest absolute Gasteiger partial charge is 0.338 e. The van der Waals surface area contributed by atoms with Crippen molar-refractivity contribution in [1.29, 1.82) is 0 Å². The van der Waals surface area contributed by atoms with E-state index in [-0.39, 0.29) is 17.5 Å². The molecule has 0 bridgehead atoms. The Labute approximate surface area is 147 Å². The lowest BCUT2D eigenvalue weighted by molar-refractivity contribution is -0.130. The zero-order chi connectivity index (χ0) is 18.4. The summed E-state index contributed by atoms with van der Waals surface area (Å²) in [4.78, 5) is 35.4. The number of carbonyl (C=O) groups excluding carboxylic acids is 3. The minimum atomic E-state index is -0.894. The van der Waals surface area contributed by atoms with Gasteiger partial charge in [-0.1, -0.05) is 25.8 Å². The van der Waals surface area contributed by atoms with E-state index < -0.39 is 18.1 Å². The van der Waals surface area contributed by atoms with Crippen molar-refractivity contribution in [3.8, 4) is 0 Å². The number of hydrogen-bond acceptors (Lipinski definition) is 4. The molecule has 7 nitrogen and oxygen atoms in total. The molecule has 1 saturated carbocycles. The summed E-state index contributed by atoms with van der Waals surface area (Å²) in [6.07, 6.45) is 3.44. The minimum absolute atomic E-state index is 0.130. The van der Waals surface area contributed by atoms with Crippen LogP contribution in [0.3, 0.4) is 0 Å². The second-order valence-electron chi connectivity index (χ2n) is 6.49. The Hall–Kier alpha value is -2.57. The van der Waals surface area contributed by atoms with Gasteiger partial charge >= 0.3 is 12.0 Å². The molecule has 0 unspecified atom stereocenters. The monoisotopic (exact) mass is 347 g/mol. The first kappa shape index (κ1) is 18.8. The molecular formula is C18H25N3O4. The first-order chi connectivity index (χ1) is 11.9. The third-order valence-electron chi connectivity index (χ3n) is 4.46. The molecule has 7 heteroatoms. The van der Waals surface area contributed by atoms with Crippen molar-refractivity contribution in [1.82, 2.24) is 5.32 Å². The standard InChI is InChI=1S/C18H25N3O4/c1-11-6-3-4-9-15(11)21-16(22)12(2)25-17(23)13-7-5-8-14(10-13)20-18(19)24/h5,7-8,10-12,15H,3-4,6,9H2,1-2H3,(H,21,22)(H3,19,20,24)/t11-,12-,15+/m1/s1. The molecule has 0 aliphatic heterocycles. The number of benzene rings is 1. The maximum atomic E-state index is 12.3. The van der Waals surface area contributed by atoms with Crippen LogP contribution in [0.25, 0.3) is 0 Å². The van der Waals surface area contributed by atoms with Gasteiger partial charge in [0, 0.05) is 11.7 Å². The second kappa shape index (κ2) is 8.50. The summed E-state index contributed by atoms with van der Waals surface area (Å²) in [6.45, 7) is 3.67. The van der Waals surface area contributed by atoms with Gasteiger partial charge in [-0.25, -0.2) is 9.59 Å². The van der Waals surface area contributed by atoms with Crippen LogP contribution in [0.4, 0.5) is 10.5 Å². The first-order valence-corrected chi connectivity index (χ1v) is 8.54. The third kappa shape index (κ3) is 5.48. The summed E-state index contributed by atoms with van der Waals surface area (Å²) in [5.41, 5.74) is 5.67. The van der Waals surface area contributed by atoms with E-state index >= 15 is 0 Å². The largest absolute Gasteiger partial charge is 0.449 e. The third-order valence-corrected chi connectivity index (χ3v) is 4.46. The van der Waals surface area contributed by atoms with E-state index in [1.54, 1.807) is 25.1 Å². The second-order valence-corrected chi connectivity index (χ2v) is 6.49. The minimum Gasteiger partial charge on any atom is -0.449 e. The predicted octanol–water partition coefficient (Wildman–Crippen LogP) is 2.42. The van der Waals surface area contributed by atoms with Crippen molar-refractivity contribution in [2.45, 2.75) is 51.7 Å². The maximum Gasteiger partial charge on any atom is 0.338 e. The Morgan fingerprint density at radius 3 is 2.64 bits per heavy atom. The molecule has 1 aromatic rings. The number of anilines is 1. The molecule has 0 saturated heterocycles. The average molecular weight is 347 g/mol. The highest BCUT2D eigenvalue weighted by molar-refractivity contribution is 5.95. The van der Waals surface area contributed by atoms with Crippen molar-refractivity contribution in [2.75, 3.05) is 5.32 Å². The first-order valence-electron chi connectivity index (χ1n) is 8.54. The summed E-state index contributed by atoms with van der Waals surface area (Å²) < 4.78 is 5.24. The normalized spacial score (nSPS) is 21.0. The highest BCUT2D eigenvalue weighted by Gasteiger charge is 2.26. The van der Waals surface area contributed by atoms with Gasteiger partial charge in [0.15, 0.2) is 6.10 Å². The van der Waals surface area contributed by atoms with Gasteiger partial charge in [-0.2, -0.15) is 0 Å². The summed E-state index contributed by atoms with van der Waals surface area (Å²) in [5.74, 6) is -0.497. The van der Waals surface area contributed by atoms with Crippen LogP contribution in [0.15, 0.2) is 24.3 Å². The molecule has 0 aromatic heterocycles. The number of esters is 1. The van der Waals surface area contributed by atoms with E-state index in [4.69, 9.17) is 10.5 Å². The summed E-state index contributed by atoms with van der Waals surface area (Å²) in [6, 6.07) is 5.59. The highest BCUT2D eigenvalue weighted by Crippen LogP contribution is 2.23. The predicted molar refractivity (Wildman–Crippen MR) is 94.1 cm³/mol. The number of ether oxygens (including phenoxy) is 1. The van der Waals surface area contributed by atoms with Crippen molar-refractivity contribution in [3.05, 3.63) is 29.8 Å². The van der Waals surface area contributed by atoms with Gasteiger partial charge < -0.3 is 21.1 Å². The van der Waals surface area contributed by atoms with Gasteiger partial charge in [0.25, 0.3) is 5.91 Å². The van der Waals surface area contributed by atoms with E-state index in [1.165, 1.54) is 12.5 Å². The Morgan fingerprint density at radius 1 is 1.24 bits per heavy atom. The van der Waals surface area contributed by atoms with E-state index in [2.05, 4.69) is 17.6 Å². The summed E-state index contributed by atoms with van der Waals surface area (Å²) in [7, 11) is 0. The Bertz CT molecular complexity index is 647. The van der Waals surface area contributed by atoms with Gasteiger partial charge in [-0.05, 0) is 43.9 Å². The van der Waals surface area contributed by atoms with Crippen LogP contribution in [0.2, 0.25) is 0 Å². The molecule has 1 aliphatic rings. The summed E-state index contributed by atoms with van der Waals surface area (Å²) in [5, 5.41) is 5.36. The van der Waals surface area contributed by atoms with Crippen LogP contribution in [-0.4, -0.2) is 30.1 Å². The van der Waals surface area contributed by atoms with Gasteiger partial charge in [-0.3, -0.25) is 4.79 Å². The summed E-state index contributed by atoms with van der Waals surface area (Å²) >= 11 is 0. The van der Waals surface area contributed by atoms with Crippen LogP contribution in [-0.2, 0) is 9.53 Å². The van der Waals surface area contributed by atoms with Gasteiger partial charge in [0.1, 0.15) is 0 Å². The van der Waals surface area contributed by atoms with Crippen LogP contribution >= 0.6 is 0 Å². The van der Waals surface area contributed by atoms with Crippen molar-refractivity contribution in [2.24, 2.45) is 11.7 Å². The van der Waals surface area contributed by atoms with E-state index in [1.807, 2.05) is 0 Å². The molecule has 0 spiro atoms.